The van der Waals surface area contributed by atoms with Crippen molar-refractivity contribution in [3.8, 4) is 16.9 Å². The fourth-order valence-electron chi connectivity index (χ4n) is 4.06. The number of halogens is 3. The topological polar surface area (TPSA) is 106 Å². The number of pyridine rings is 1. The number of amides is 1. The second kappa shape index (κ2) is 9.64. The lowest BCUT2D eigenvalue weighted by Crippen LogP contribution is -2.46. The number of β-amino-alcohol motifs (C(OH)–C–C–N with tert-alkyl or cyclic N) is 1. The predicted octanol–water partition coefficient (Wildman–Crippen LogP) is 4.44. The minimum Gasteiger partial charge on any atom is -0.482 e. The Balaban J connectivity index is 1.58. The first-order chi connectivity index (χ1) is 16.5. The molecule has 0 bridgehead atoms. The summed E-state index contributed by atoms with van der Waals surface area (Å²) in [6, 6.07) is 4.29. The van der Waals surface area contributed by atoms with Crippen molar-refractivity contribution >= 4 is 34.9 Å². The third-order valence-electron chi connectivity index (χ3n) is 6.13. The van der Waals surface area contributed by atoms with E-state index in [4.69, 9.17) is 33.7 Å². The van der Waals surface area contributed by atoms with Gasteiger partial charge in [0.05, 0.1) is 17.3 Å². The number of nitrogens with zero attached hydrogens (tertiary/aromatic N) is 4. The number of aliphatic hydroxyl groups is 1. The third kappa shape index (κ3) is 4.94. The number of aliphatic hydroxyl groups excluding tert-OH is 1. The first kappa shape index (κ1) is 25.2. The van der Waals surface area contributed by atoms with Crippen LogP contribution in [0.15, 0.2) is 36.8 Å². The zero-order valence-electron chi connectivity index (χ0n) is 19.5. The molecule has 0 saturated carbocycles. The molecule has 3 N–H and O–H groups in total. The van der Waals surface area contributed by atoms with Crippen molar-refractivity contribution in [1.29, 1.82) is 0 Å². The number of anilines is 1. The van der Waals surface area contributed by atoms with Crippen LogP contribution in [0, 0.1) is 5.82 Å². The van der Waals surface area contributed by atoms with Gasteiger partial charge in [0.15, 0.2) is 11.6 Å². The van der Waals surface area contributed by atoms with E-state index >= 15 is 0 Å². The molecule has 0 aliphatic carbocycles. The van der Waals surface area contributed by atoms with Crippen LogP contribution in [0.5, 0.6) is 5.75 Å². The van der Waals surface area contributed by atoms with Crippen molar-refractivity contribution in [3.05, 3.63) is 58.2 Å². The number of carbonyl (C=O) groups excluding carboxylic acids is 1. The van der Waals surface area contributed by atoms with Gasteiger partial charge in [0.1, 0.15) is 17.5 Å². The van der Waals surface area contributed by atoms with Crippen LogP contribution in [0.3, 0.4) is 0 Å². The van der Waals surface area contributed by atoms with Crippen LogP contribution in [0.4, 0.5) is 10.2 Å². The van der Waals surface area contributed by atoms with Gasteiger partial charge in [-0.3, -0.25) is 9.48 Å². The summed E-state index contributed by atoms with van der Waals surface area (Å²) in [4.78, 5) is 18.9. The SMILES string of the molecule is CC(Oc1cc(-c2cnn(C(C)(C)C(=O)N3CCC(O)C3)c2)cnc1N)c1c(Cl)ccc(F)c1Cl. The molecule has 3 heterocycles. The maximum Gasteiger partial charge on any atom is 0.250 e. The monoisotopic (exact) mass is 521 g/mol. The lowest BCUT2D eigenvalue weighted by atomic mass is 10.0. The second-order valence-corrected chi connectivity index (χ2v) is 9.84. The van der Waals surface area contributed by atoms with Crippen molar-refractivity contribution in [2.45, 2.75) is 44.9 Å². The number of rotatable bonds is 6. The number of hydrogen-bond acceptors (Lipinski definition) is 6. The van der Waals surface area contributed by atoms with Crippen LogP contribution in [-0.2, 0) is 10.3 Å². The second-order valence-electron chi connectivity index (χ2n) is 9.05. The van der Waals surface area contributed by atoms with Gasteiger partial charge in [0.25, 0.3) is 0 Å². The van der Waals surface area contributed by atoms with Gasteiger partial charge in [-0.1, -0.05) is 23.2 Å². The molecule has 1 amide bonds. The molecule has 1 aromatic carbocycles. The Kier molecular flexibility index (Phi) is 6.95. The molecule has 11 heteroatoms. The zero-order chi connectivity index (χ0) is 25.5. The lowest BCUT2D eigenvalue weighted by Gasteiger charge is -2.29. The maximum absolute atomic E-state index is 14.0. The molecule has 2 unspecified atom stereocenters. The van der Waals surface area contributed by atoms with Crippen LogP contribution >= 0.6 is 23.2 Å². The molecule has 4 rings (SSSR count). The first-order valence-electron chi connectivity index (χ1n) is 11.1. The summed E-state index contributed by atoms with van der Waals surface area (Å²) in [5.41, 5.74) is 6.73. The van der Waals surface area contributed by atoms with Gasteiger partial charge in [-0.25, -0.2) is 9.37 Å². The summed E-state index contributed by atoms with van der Waals surface area (Å²) < 4.78 is 21.5. The first-order valence-corrected chi connectivity index (χ1v) is 11.8. The number of aromatic nitrogens is 3. The Hall–Kier alpha value is -2.88. The number of nitrogens with two attached hydrogens (primary N) is 1. The fourth-order valence-corrected chi connectivity index (χ4v) is 4.74. The third-order valence-corrected chi connectivity index (χ3v) is 6.85. The highest BCUT2D eigenvalue weighted by atomic mass is 35.5. The number of nitrogen functional groups attached to an aromatic ring is 1. The van der Waals surface area contributed by atoms with Gasteiger partial charge < -0.3 is 20.5 Å². The predicted molar refractivity (Wildman–Crippen MR) is 132 cm³/mol. The molecular formula is C24H26Cl2FN5O3. The average Bonchev–Trinajstić information content (AvgIpc) is 3.47. The van der Waals surface area contributed by atoms with E-state index in [-0.39, 0.29) is 27.5 Å². The molecule has 2 aromatic heterocycles. The van der Waals surface area contributed by atoms with E-state index < -0.39 is 23.6 Å². The van der Waals surface area contributed by atoms with Crippen molar-refractivity contribution in [2.75, 3.05) is 18.8 Å². The van der Waals surface area contributed by atoms with E-state index in [9.17, 15) is 14.3 Å². The van der Waals surface area contributed by atoms with Crippen molar-refractivity contribution in [3.63, 3.8) is 0 Å². The molecular weight excluding hydrogens is 496 g/mol. The zero-order valence-corrected chi connectivity index (χ0v) is 21.0. The summed E-state index contributed by atoms with van der Waals surface area (Å²) in [5.74, 6) is -0.324. The largest absolute Gasteiger partial charge is 0.482 e. The number of hydrogen-bond donors (Lipinski definition) is 2. The molecule has 8 nitrogen and oxygen atoms in total. The van der Waals surface area contributed by atoms with Gasteiger partial charge in [0.2, 0.25) is 5.91 Å². The Bertz CT molecular complexity index is 1270. The quantitative estimate of drug-likeness (QED) is 0.464. The van der Waals surface area contributed by atoms with Gasteiger partial charge in [-0.05, 0) is 45.4 Å². The highest BCUT2D eigenvalue weighted by Gasteiger charge is 2.37. The van der Waals surface area contributed by atoms with Gasteiger partial charge in [-0.15, -0.1) is 0 Å². The molecule has 0 radical (unpaired) electrons. The highest BCUT2D eigenvalue weighted by molar-refractivity contribution is 6.36. The lowest BCUT2D eigenvalue weighted by molar-refractivity contribution is -0.139. The average molecular weight is 522 g/mol. The molecule has 2 atom stereocenters. The maximum atomic E-state index is 14.0. The molecule has 35 heavy (non-hydrogen) atoms. The summed E-state index contributed by atoms with van der Waals surface area (Å²) >= 11 is 12.3. The normalized spacial score (nSPS) is 17.0. The molecule has 1 fully saturated rings. The molecule has 1 aliphatic heterocycles. The summed E-state index contributed by atoms with van der Waals surface area (Å²) in [7, 11) is 0. The van der Waals surface area contributed by atoms with Crippen LogP contribution < -0.4 is 10.5 Å². The van der Waals surface area contributed by atoms with E-state index in [1.807, 2.05) is 0 Å². The van der Waals surface area contributed by atoms with E-state index in [0.29, 0.717) is 36.2 Å². The Morgan fingerprint density at radius 2 is 2.06 bits per heavy atom. The summed E-state index contributed by atoms with van der Waals surface area (Å²) in [6.45, 7) is 6.07. The molecule has 3 aromatic rings. The van der Waals surface area contributed by atoms with E-state index in [1.54, 1.807) is 55.0 Å². The standard InChI is InChI=1S/C24H26Cl2FN5O3/c1-13(20-17(25)4-5-18(27)21(20)26)35-19-8-14(9-29-22(19)28)15-10-30-32(11-15)24(2,3)23(34)31-7-6-16(33)12-31/h4-5,8-11,13,16,33H,6-7,12H2,1-3H3,(H2,28,29). The number of carbonyl (C=O) groups is 1. The van der Waals surface area contributed by atoms with Crippen molar-refractivity contribution in [1.82, 2.24) is 19.7 Å². The van der Waals surface area contributed by atoms with E-state index in [1.165, 1.54) is 12.1 Å². The van der Waals surface area contributed by atoms with Crippen LogP contribution in [-0.4, -0.2) is 49.9 Å². The molecule has 0 spiro atoms. The van der Waals surface area contributed by atoms with Gasteiger partial charge in [0, 0.05) is 47.2 Å². The number of ether oxygens (including phenoxy) is 1. The van der Waals surface area contributed by atoms with E-state index in [0.717, 1.165) is 0 Å². The Labute approximate surface area is 212 Å². The van der Waals surface area contributed by atoms with Gasteiger partial charge >= 0.3 is 0 Å². The Morgan fingerprint density at radius 3 is 2.74 bits per heavy atom. The Morgan fingerprint density at radius 1 is 1.31 bits per heavy atom. The molecule has 1 aliphatic rings. The van der Waals surface area contributed by atoms with E-state index in [2.05, 4.69) is 10.1 Å². The minimum absolute atomic E-state index is 0.119. The van der Waals surface area contributed by atoms with Crippen molar-refractivity contribution in [2.24, 2.45) is 0 Å². The van der Waals surface area contributed by atoms with Gasteiger partial charge in [-0.2, -0.15) is 5.10 Å². The molecule has 186 valence electrons. The van der Waals surface area contributed by atoms with Crippen LogP contribution in [0.1, 0.15) is 38.9 Å². The smallest absolute Gasteiger partial charge is 0.250 e. The number of benzene rings is 1. The fraction of sp³-hybridized carbons (Fsp3) is 0.375. The minimum atomic E-state index is -0.956. The van der Waals surface area contributed by atoms with Crippen LogP contribution in [0.25, 0.3) is 11.1 Å². The van der Waals surface area contributed by atoms with Crippen LogP contribution in [0.2, 0.25) is 10.0 Å². The van der Waals surface area contributed by atoms with Crippen molar-refractivity contribution < 1.29 is 19.0 Å². The number of likely N-dealkylation sites (tertiary alicyclic amines) is 1. The summed E-state index contributed by atoms with van der Waals surface area (Å²) in [6.07, 6.45) is 4.29. The molecule has 1 saturated heterocycles. The highest BCUT2D eigenvalue weighted by Crippen LogP contribution is 2.37. The summed E-state index contributed by atoms with van der Waals surface area (Å²) in [5, 5.41) is 14.3.